The van der Waals surface area contributed by atoms with Gasteiger partial charge in [0.15, 0.2) is 0 Å². The zero-order valence-corrected chi connectivity index (χ0v) is 9.14. The second-order valence-electron chi connectivity index (χ2n) is 3.64. The molecule has 4 nitrogen and oxygen atoms in total. The van der Waals surface area contributed by atoms with E-state index in [-0.39, 0.29) is 12.6 Å². The maximum absolute atomic E-state index is 8.85. The summed E-state index contributed by atoms with van der Waals surface area (Å²) in [4.78, 5) is 0. The minimum atomic E-state index is -0.0618. The van der Waals surface area contributed by atoms with Crippen LogP contribution in [-0.4, -0.2) is 5.11 Å². The first kappa shape index (κ1) is 11.0. The van der Waals surface area contributed by atoms with E-state index < -0.39 is 0 Å². The van der Waals surface area contributed by atoms with Crippen molar-refractivity contribution in [2.45, 2.75) is 26.1 Å². The molecule has 0 bridgehead atoms. The van der Waals surface area contributed by atoms with Gasteiger partial charge >= 0.3 is 0 Å². The quantitative estimate of drug-likeness (QED) is 0.812. The molecule has 1 atom stereocenters. The van der Waals surface area contributed by atoms with Crippen molar-refractivity contribution >= 4 is 0 Å². The van der Waals surface area contributed by atoms with Crippen molar-refractivity contribution in [2.24, 2.45) is 0 Å². The van der Waals surface area contributed by atoms with E-state index in [2.05, 4.69) is 5.32 Å². The van der Waals surface area contributed by atoms with Gasteiger partial charge in [-0.15, -0.1) is 0 Å². The lowest BCUT2D eigenvalue weighted by Gasteiger charge is -2.09. The standard InChI is InChI=1S/C12H15NO3/c1-9(12-3-2-6-15-12)13-7-10-4-5-11(8-14)16-10/h2-6,9,13-14H,7-8H2,1H3. The van der Waals surface area contributed by atoms with E-state index >= 15 is 0 Å². The van der Waals surface area contributed by atoms with E-state index in [0.717, 1.165) is 11.5 Å². The maximum Gasteiger partial charge on any atom is 0.129 e. The van der Waals surface area contributed by atoms with Crippen LogP contribution in [0.2, 0.25) is 0 Å². The molecule has 0 aliphatic rings. The van der Waals surface area contributed by atoms with Gasteiger partial charge in [0, 0.05) is 0 Å². The molecule has 0 aliphatic heterocycles. The lowest BCUT2D eigenvalue weighted by atomic mass is 10.2. The highest BCUT2D eigenvalue weighted by molar-refractivity contribution is 5.07. The van der Waals surface area contributed by atoms with Gasteiger partial charge in [-0.1, -0.05) is 0 Å². The van der Waals surface area contributed by atoms with Crippen LogP contribution in [0.5, 0.6) is 0 Å². The van der Waals surface area contributed by atoms with Crippen molar-refractivity contribution in [1.82, 2.24) is 5.32 Å². The molecule has 0 fully saturated rings. The number of nitrogens with one attached hydrogen (secondary N) is 1. The highest BCUT2D eigenvalue weighted by atomic mass is 16.4. The Labute approximate surface area is 93.9 Å². The first-order chi connectivity index (χ1) is 7.79. The Morgan fingerprint density at radius 2 is 2.12 bits per heavy atom. The van der Waals surface area contributed by atoms with Crippen LogP contribution in [0, 0.1) is 0 Å². The summed E-state index contributed by atoms with van der Waals surface area (Å²) >= 11 is 0. The third-order valence-electron chi connectivity index (χ3n) is 2.43. The molecule has 1 unspecified atom stereocenters. The zero-order valence-electron chi connectivity index (χ0n) is 9.14. The molecule has 0 radical (unpaired) electrons. The molecule has 0 spiro atoms. The summed E-state index contributed by atoms with van der Waals surface area (Å²) in [7, 11) is 0. The van der Waals surface area contributed by atoms with Crippen molar-refractivity contribution in [3.63, 3.8) is 0 Å². The van der Waals surface area contributed by atoms with Crippen LogP contribution < -0.4 is 5.32 Å². The summed E-state index contributed by atoms with van der Waals surface area (Å²) in [6.07, 6.45) is 1.66. The van der Waals surface area contributed by atoms with E-state index in [1.807, 2.05) is 25.1 Å². The SMILES string of the molecule is CC(NCc1ccc(CO)o1)c1ccco1. The fraction of sp³-hybridized carbons (Fsp3) is 0.333. The second kappa shape index (κ2) is 5.01. The average Bonchev–Trinajstić information content (AvgIpc) is 2.96. The molecule has 16 heavy (non-hydrogen) atoms. The Kier molecular flexibility index (Phi) is 3.44. The fourth-order valence-electron chi connectivity index (χ4n) is 1.49. The van der Waals surface area contributed by atoms with Crippen LogP contribution >= 0.6 is 0 Å². The smallest absolute Gasteiger partial charge is 0.129 e. The number of rotatable bonds is 5. The predicted octanol–water partition coefficient (Wildman–Crippen LogP) is 2.22. The summed E-state index contributed by atoms with van der Waals surface area (Å²) < 4.78 is 10.6. The molecule has 0 aliphatic carbocycles. The predicted molar refractivity (Wildman–Crippen MR) is 58.6 cm³/mol. The van der Waals surface area contributed by atoms with E-state index in [0.29, 0.717) is 12.3 Å². The van der Waals surface area contributed by atoms with Crippen LogP contribution in [0.15, 0.2) is 39.4 Å². The van der Waals surface area contributed by atoms with Gasteiger partial charge in [-0.3, -0.25) is 0 Å². The molecule has 0 amide bonds. The summed E-state index contributed by atoms with van der Waals surface area (Å²) in [6, 6.07) is 7.56. The van der Waals surface area contributed by atoms with Crippen molar-refractivity contribution in [3.05, 3.63) is 47.8 Å². The van der Waals surface area contributed by atoms with E-state index in [4.69, 9.17) is 13.9 Å². The van der Waals surface area contributed by atoms with Crippen molar-refractivity contribution < 1.29 is 13.9 Å². The number of hydrogen-bond acceptors (Lipinski definition) is 4. The average molecular weight is 221 g/mol. The largest absolute Gasteiger partial charge is 0.468 e. The summed E-state index contributed by atoms with van der Waals surface area (Å²) in [5.74, 6) is 2.29. The minimum Gasteiger partial charge on any atom is -0.468 e. The minimum absolute atomic E-state index is 0.0618. The molecular formula is C12H15NO3. The highest BCUT2D eigenvalue weighted by Gasteiger charge is 2.08. The Morgan fingerprint density at radius 3 is 2.75 bits per heavy atom. The molecule has 4 heteroatoms. The van der Waals surface area contributed by atoms with Crippen LogP contribution in [0.3, 0.4) is 0 Å². The first-order valence-corrected chi connectivity index (χ1v) is 5.25. The van der Waals surface area contributed by atoms with E-state index in [1.165, 1.54) is 0 Å². The molecule has 0 saturated heterocycles. The van der Waals surface area contributed by atoms with Gasteiger partial charge in [-0.2, -0.15) is 0 Å². The van der Waals surface area contributed by atoms with Crippen molar-refractivity contribution in [2.75, 3.05) is 0 Å². The van der Waals surface area contributed by atoms with Gasteiger partial charge in [0.25, 0.3) is 0 Å². The molecule has 2 N–H and O–H groups in total. The molecule has 0 saturated carbocycles. The number of hydrogen-bond donors (Lipinski definition) is 2. The van der Waals surface area contributed by atoms with Crippen molar-refractivity contribution in [3.8, 4) is 0 Å². The third-order valence-corrected chi connectivity index (χ3v) is 2.43. The molecule has 2 aromatic heterocycles. The molecule has 86 valence electrons. The molecule has 0 aromatic carbocycles. The van der Waals surface area contributed by atoms with Gasteiger partial charge in [0.1, 0.15) is 23.9 Å². The van der Waals surface area contributed by atoms with Crippen molar-refractivity contribution in [1.29, 1.82) is 0 Å². The highest BCUT2D eigenvalue weighted by Crippen LogP contribution is 2.14. The zero-order chi connectivity index (χ0) is 11.4. The van der Waals surface area contributed by atoms with E-state index in [9.17, 15) is 0 Å². The van der Waals surface area contributed by atoms with E-state index in [1.54, 1.807) is 12.3 Å². The second-order valence-corrected chi connectivity index (χ2v) is 3.64. The van der Waals surface area contributed by atoms with Crippen LogP contribution in [0.25, 0.3) is 0 Å². The van der Waals surface area contributed by atoms with Crippen LogP contribution in [0.4, 0.5) is 0 Å². The normalized spacial score (nSPS) is 12.9. The first-order valence-electron chi connectivity index (χ1n) is 5.25. The topological polar surface area (TPSA) is 58.5 Å². The van der Waals surface area contributed by atoms with Crippen LogP contribution in [-0.2, 0) is 13.2 Å². The molecule has 2 aromatic rings. The Balaban J connectivity index is 1.87. The maximum atomic E-state index is 8.85. The lowest BCUT2D eigenvalue weighted by Crippen LogP contribution is -2.17. The lowest BCUT2D eigenvalue weighted by molar-refractivity contribution is 0.242. The summed E-state index contributed by atoms with van der Waals surface area (Å²) in [5.41, 5.74) is 0. The Bertz CT molecular complexity index is 419. The van der Waals surface area contributed by atoms with Gasteiger partial charge in [0.05, 0.1) is 18.8 Å². The Morgan fingerprint density at radius 1 is 1.31 bits per heavy atom. The number of furan rings is 2. The van der Waals surface area contributed by atoms with Gasteiger partial charge in [-0.05, 0) is 31.2 Å². The fourth-order valence-corrected chi connectivity index (χ4v) is 1.49. The Hall–Kier alpha value is -1.52. The van der Waals surface area contributed by atoms with Crippen LogP contribution in [0.1, 0.15) is 30.2 Å². The van der Waals surface area contributed by atoms with Gasteiger partial charge in [-0.25, -0.2) is 0 Å². The summed E-state index contributed by atoms with van der Waals surface area (Å²) in [6.45, 7) is 2.57. The monoisotopic (exact) mass is 221 g/mol. The molecular weight excluding hydrogens is 206 g/mol. The third kappa shape index (κ3) is 2.53. The molecule has 2 rings (SSSR count). The van der Waals surface area contributed by atoms with Gasteiger partial charge in [0.2, 0.25) is 0 Å². The molecule has 2 heterocycles. The van der Waals surface area contributed by atoms with Gasteiger partial charge < -0.3 is 19.3 Å². The number of aliphatic hydroxyl groups excluding tert-OH is 1. The summed E-state index contributed by atoms with van der Waals surface area (Å²) in [5, 5.41) is 12.1. The number of aliphatic hydroxyl groups is 1.